The summed E-state index contributed by atoms with van der Waals surface area (Å²) in [5.41, 5.74) is -2.10. The molecule has 4 aromatic rings. The third-order valence-corrected chi connectivity index (χ3v) is 5.08. The number of rotatable bonds is 5. The van der Waals surface area contributed by atoms with Crippen LogP contribution in [0.4, 0.5) is 24.5 Å². The highest BCUT2D eigenvalue weighted by Gasteiger charge is 2.30. The Hall–Kier alpha value is -4.67. The van der Waals surface area contributed by atoms with Gasteiger partial charge in [0, 0.05) is 5.69 Å². The first kappa shape index (κ1) is 23.5. The minimum absolute atomic E-state index is 0.0296. The molecule has 0 aliphatic heterocycles. The number of halogens is 3. The molecule has 0 aliphatic rings. The Bertz CT molecular complexity index is 1560. The predicted molar refractivity (Wildman–Crippen MR) is 123 cm³/mol. The van der Waals surface area contributed by atoms with E-state index in [1.165, 1.54) is 36.4 Å². The van der Waals surface area contributed by atoms with E-state index in [4.69, 9.17) is 0 Å². The molecule has 0 saturated carbocycles. The van der Waals surface area contributed by atoms with Crippen molar-refractivity contribution in [3.8, 4) is 0 Å². The predicted octanol–water partition coefficient (Wildman–Crippen LogP) is 3.60. The molecule has 35 heavy (non-hydrogen) atoms. The highest BCUT2D eigenvalue weighted by Crippen LogP contribution is 2.31. The zero-order valence-corrected chi connectivity index (χ0v) is 17.8. The molecule has 178 valence electrons. The fourth-order valence-electron chi connectivity index (χ4n) is 3.44. The van der Waals surface area contributed by atoms with Gasteiger partial charge in [0.1, 0.15) is 6.54 Å². The molecular weight excluding hydrogens is 465 g/mol. The Balaban J connectivity index is 1.55. The normalized spacial score (nSPS) is 11.3. The second kappa shape index (κ2) is 9.29. The summed E-state index contributed by atoms with van der Waals surface area (Å²) in [6.45, 7) is -0.622. The summed E-state index contributed by atoms with van der Waals surface area (Å²) < 4.78 is 39.6. The molecule has 0 unspecified atom stereocenters. The lowest BCUT2D eigenvalue weighted by Gasteiger charge is -2.13. The van der Waals surface area contributed by atoms with Crippen LogP contribution in [0.15, 0.2) is 82.4 Å². The summed E-state index contributed by atoms with van der Waals surface area (Å²) in [6.07, 6.45) is -4.58. The molecule has 0 radical (unpaired) electrons. The second-order valence-electron chi connectivity index (χ2n) is 7.49. The first-order valence-electron chi connectivity index (χ1n) is 10.2. The number of fused-ring (bicyclic) bond motifs is 1. The number of aromatic nitrogens is 2. The van der Waals surface area contributed by atoms with Gasteiger partial charge < -0.3 is 15.6 Å². The summed E-state index contributed by atoms with van der Waals surface area (Å²) in [4.78, 5) is 52.8. The van der Waals surface area contributed by atoms with E-state index in [1.807, 2.05) is 0 Å². The van der Waals surface area contributed by atoms with Gasteiger partial charge in [-0.15, -0.1) is 0 Å². The smallest absolute Gasteiger partial charge is 0.324 e. The zero-order chi connectivity index (χ0) is 25.2. The summed E-state index contributed by atoms with van der Waals surface area (Å²) in [5, 5.41) is 5.07. The molecule has 0 aliphatic carbocycles. The molecule has 0 saturated heterocycles. The van der Waals surface area contributed by atoms with E-state index in [9.17, 15) is 32.3 Å². The molecule has 3 N–H and O–H groups in total. The highest BCUT2D eigenvalue weighted by atomic mass is 19.4. The number of nitrogens with one attached hydrogen (secondary N) is 3. The zero-order valence-electron chi connectivity index (χ0n) is 17.8. The van der Waals surface area contributed by atoms with Gasteiger partial charge in [-0.3, -0.25) is 19.0 Å². The number of carbonyl (C=O) groups is 2. The maximum atomic E-state index is 12.9. The van der Waals surface area contributed by atoms with Crippen molar-refractivity contribution in [2.24, 2.45) is 0 Å². The topological polar surface area (TPSA) is 113 Å². The molecule has 11 heteroatoms. The number of nitrogens with zero attached hydrogens (tertiary/aromatic N) is 1. The van der Waals surface area contributed by atoms with Crippen LogP contribution in [0.5, 0.6) is 0 Å². The molecule has 1 heterocycles. The number of hydrogen-bond acceptors (Lipinski definition) is 4. The first-order chi connectivity index (χ1) is 16.6. The molecule has 3 aromatic carbocycles. The summed E-state index contributed by atoms with van der Waals surface area (Å²) in [5.74, 6) is -1.52. The van der Waals surface area contributed by atoms with E-state index in [2.05, 4.69) is 15.6 Å². The number of alkyl halides is 3. The van der Waals surface area contributed by atoms with Crippen LogP contribution in [0.2, 0.25) is 0 Å². The van der Waals surface area contributed by atoms with Gasteiger partial charge >= 0.3 is 11.9 Å². The van der Waals surface area contributed by atoms with Gasteiger partial charge in [-0.1, -0.05) is 30.3 Å². The Morgan fingerprint density at radius 2 is 1.60 bits per heavy atom. The van der Waals surface area contributed by atoms with Gasteiger partial charge in [0.2, 0.25) is 5.91 Å². The number of carbonyl (C=O) groups excluding carboxylic acids is 2. The number of anilines is 2. The molecule has 4 rings (SSSR count). The maximum Gasteiger partial charge on any atom is 0.416 e. The first-order valence-corrected chi connectivity index (χ1v) is 10.2. The van der Waals surface area contributed by atoms with Crippen molar-refractivity contribution < 1.29 is 22.8 Å². The van der Waals surface area contributed by atoms with Crippen LogP contribution in [-0.4, -0.2) is 21.4 Å². The third kappa shape index (κ3) is 5.13. The van der Waals surface area contributed by atoms with Crippen LogP contribution in [0, 0.1) is 0 Å². The second-order valence-corrected chi connectivity index (χ2v) is 7.49. The van der Waals surface area contributed by atoms with Crippen LogP contribution in [0.3, 0.4) is 0 Å². The number of para-hydroxylation sites is 2. The average Bonchev–Trinajstić information content (AvgIpc) is 2.82. The fraction of sp³-hybridized carbons (Fsp3) is 0.0833. The van der Waals surface area contributed by atoms with Gasteiger partial charge in [0.15, 0.2) is 0 Å². The van der Waals surface area contributed by atoms with E-state index in [1.54, 1.807) is 18.2 Å². The quantitative estimate of drug-likeness (QED) is 0.403. The molecular formula is C24H17F3N4O4. The summed E-state index contributed by atoms with van der Waals surface area (Å²) >= 11 is 0. The summed E-state index contributed by atoms with van der Waals surface area (Å²) in [7, 11) is 0. The highest BCUT2D eigenvalue weighted by molar-refractivity contribution is 6.10. The van der Waals surface area contributed by atoms with Crippen LogP contribution in [-0.2, 0) is 17.5 Å². The molecule has 0 bridgehead atoms. The van der Waals surface area contributed by atoms with Crippen molar-refractivity contribution >= 4 is 34.1 Å². The molecule has 2 amide bonds. The monoisotopic (exact) mass is 482 g/mol. The standard InChI is InChI=1S/C24H17F3N4O4/c25-24(26,27)14-6-5-7-15(12-14)28-21(33)16-8-1-3-10-18(16)29-20(32)13-31-22(34)17-9-2-4-11-19(17)30-23(31)35/h1-12H,13H2,(H,28,33)(H,29,32)(H,30,35). The van der Waals surface area contributed by atoms with Crippen molar-refractivity contribution in [1.82, 2.24) is 9.55 Å². The lowest BCUT2D eigenvalue weighted by molar-refractivity contribution is -0.137. The number of amides is 2. The molecule has 8 nitrogen and oxygen atoms in total. The van der Waals surface area contributed by atoms with Crippen molar-refractivity contribution in [1.29, 1.82) is 0 Å². The van der Waals surface area contributed by atoms with Crippen molar-refractivity contribution in [3.63, 3.8) is 0 Å². The van der Waals surface area contributed by atoms with Crippen molar-refractivity contribution in [3.05, 3.63) is 105 Å². The Kier molecular flexibility index (Phi) is 6.24. The minimum atomic E-state index is -4.58. The van der Waals surface area contributed by atoms with E-state index in [0.717, 1.165) is 22.8 Å². The number of hydrogen-bond donors (Lipinski definition) is 3. The Morgan fingerprint density at radius 1 is 0.886 bits per heavy atom. The minimum Gasteiger partial charge on any atom is -0.324 e. The SMILES string of the molecule is O=C(Cn1c(=O)[nH]c2ccccc2c1=O)Nc1ccccc1C(=O)Nc1cccc(C(F)(F)F)c1. The Morgan fingerprint density at radius 3 is 2.37 bits per heavy atom. The van der Waals surface area contributed by atoms with Crippen molar-refractivity contribution in [2.45, 2.75) is 12.7 Å². The van der Waals surface area contributed by atoms with Crippen LogP contribution >= 0.6 is 0 Å². The number of benzene rings is 3. The van der Waals surface area contributed by atoms with E-state index >= 15 is 0 Å². The van der Waals surface area contributed by atoms with Gasteiger partial charge in [0.05, 0.1) is 27.7 Å². The third-order valence-electron chi connectivity index (χ3n) is 5.08. The summed E-state index contributed by atoms with van der Waals surface area (Å²) in [6, 6.07) is 16.3. The van der Waals surface area contributed by atoms with Gasteiger partial charge in [-0.05, 0) is 42.5 Å². The fourth-order valence-corrected chi connectivity index (χ4v) is 3.44. The lowest BCUT2D eigenvalue weighted by atomic mass is 10.1. The van der Waals surface area contributed by atoms with Crippen LogP contribution in [0.25, 0.3) is 10.9 Å². The largest absolute Gasteiger partial charge is 0.416 e. The van der Waals surface area contributed by atoms with E-state index in [-0.39, 0.29) is 22.3 Å². The molecule has 1 aromatic heterocycles. The molecule has 0 spiro atoms. The van der Waals surface area contributed by atoms with Crippen LogP contribution in [0.1, 0.15) is 15.9 Å². The number of aromatic amines is 1. The van der Waals surface area contributed by atoms with Crippen LogP contribution < -0.4 is 21.9 Å². The van der Waals surface area contributed by atoms with Gasteiger partial charge in [-0.2, -0.15) is 13.2 Å². The average molecular weight is 482 g/mol. The molecule has 0 atom stereocenters. The Labute approximate surface area is 195 Å². The van der Waals surface area contributed by atoms with Gasteiger partial charge in [0.25, 0.3) is 11.5 Å². The lowest BCUT2D eigenvalue weighted by Crippen LogP contribution is -2.38. The maximum absolute atomic E-state index is 12.9. The van der Waals surface area contributed by atoms with E-state index < -0.39 is 41.3 Å². The molecule has 0 fully saturated rings. The van der Waals surface area contributed by atoms with Crippen molar-refractivity contribution in [2.75, 3.05) is 10.6 Å². The number of H-pyrrole nitrogens is 1. The van der Waals surface area contributed by atoms with Gasteiger partial charge in [-0.25, -0.2) is 4.79 Å². The van der Waals surface area contributed by atoms with E-state index in [0.29, 0.717) is 5.52 Å².